The third-order valence-electron chi connectivity index (χ3n) is 5.81. The predicted molar refractivity (Wildman–Crippen MR) is 115 cm³/mol. The first-order valence-electron chi connectivity index (χ1n) is 10.0. The van der Waals surface area contributed by atoms with Crippen LogP contribution in [0.1, 0.15) is 18.4 Å². The van der Waals surface area contributed by atoms with Gasteiger partial charge in [0.1, 0.15) is 11.4 Å². The molecule has 0 radical (unpaired) electrons. The van der Waals surface area contributed by atoms with Gasteiger partial charge in [-0.2, -0.15) is 22.5 Å². The van der Waals surface area contributed by atoms with Gasteiger partial charge in [0, 0.05) is 29.1 Å². The number of alkyl halides is 3. The summed E-state index contributed by atoms with van der Waals surface area (Å²) >= 11 is 5.82. The average molecular weight is 533 g/mol. The number of hydrogen-bond acceptors (Lipinski definition) is 6. The number of primary amides is 1. The number of aromatic nitrogens is 2. The van der Waals surface area contributed by atoms with Gasteiger partial charge in [-0.05, 0) is 42.7 Å². The summed E-state index contributed by atoms with van der Waals surface area (Å²) in [6.07, 6.45) is -5.53. The van der Waals surface area contributed by atoms with Crippen LogP contribution in [-0.2, 0) is 21.4 Å². The lowest BCUT2D eigenvalue weighted by molar-refractivity contribution is -0.142. The molecule has 0 aliphatic heterocycles. The van der Waals surface area contributed by atoms with Crippen LogP contribution < -0.4 is 5.73 Å². The normalized spacial score (nSPS) is 20.2. The maximum Gasteiger partial charge on any atom is 0.389 e. The molecule has 2 atom stereocenters. The van der Waals surface area contributed by atoms with Gasteiger partial charge in [0.25, 0.3) is 0 Å². The fourth-order valence-electron chi connectivity index (χ4n) is 4.01. The van der Waals surface area contributed by atoms with Crippen molar-refractivity contribution in [1.29, 1.82) is 0 Å². The van der Waals surface area contributed by atoms with Gasteiger partial charge < -0.3 is 10.3 Å². The Bertz CT molecular complexity index is 1350. The van der Waals surface area contributed by atoms with E-state index in [1.54, 1.807) is 0 Å². The number of nitrogens with zero attached hydrogens (tertiary/aromatic N) is 3. The lowest BCUT2D eigenvalue weighted by Gasteiger charge is -2.30. The lowest BCUT2D eigenvalue weighted by Crippen LogP contribution is -2.51. The van der Waals surface area contributed by atoms with Crippen molar-refractivity contribution >= 4 is 27.5 Å². The van der Waals surface area contributed by atoms with Crippen LogP contribution in [-0.4, -0.2) is 40.5 Å². The van der Waals surface area contributed by atoms with Gasteiger partial charge in [-0.1, -0.05) is 28.9 Å². The minimum absolute atomic E-state index is 0.0714. The highest BCUT2D eigenvalue weighted by atomic mass is 35.5. The van der Waals surface area contributed by atoms with Gasteiger partial charge in [-0.15, -0.1) is 0 Å². The van der Waals surface area contributed by atoms with Crippen molar-refractivity contribution in [2.45, 2.75) is 36.0 Å². The highest BCUT2D eigenvalue weighted by molar-refractivity contribution is 7.89. The van der Waals surface area contributed by atoms with E-state index in [9.17, 15) is 26.4 Å². The molecule has 1 heterocycles. The third-order valence-corrected chi connectivity index (χ3v) is 7.97. The van der Waals surface area contributed by atoms with Crippen molar-refractivity contribution in [3.63, 3.8) is 0 Å². The Morgan fingerprint density at radius 2 is 1.91 bits per heavy atom. The van der Waals surface area contributed by atoms with Crippen molar-refractivity contribution in [3.05, 3.63) is 65.3 Å². The molecule has 1 aromatic heterocycles. The van der Waals surface area contributed by atoms with Crippen LogP contribution >= 0.6 is 11.6 Å². The zero-order valence-corrected chi connectivity index (χ0v) is 19.2. The molecule has 8 nitrogen and oxygen atoms in total. The monoisotopic (exact) mass is 532 g/mol. The zero-order chi connectivity index (χ0) is 25.6. The maximum atomic E-state index is 15.0. The summed E-state index contributed by atoms with van der Waals surface area (Å²) in [6.45, 7) is -0.749. The molecule has 1 amide bonds. The molecular weight excluding hydrogens is 516 g/mol. The van der Waals surface area contributed by atoms with E-state index in [0.29, 0.717) is 4.31 Å². The first-order valence-corrected chi connectivity index (χ1v) is 11.9. The van der Waals surface area contributed by atoms with Crippen molar-refractivity contribution in [3.8, 4) is 11.4 Å². The van der Waals surface area contributed by atoms with E-state index >= 15 is 4.39 Å². The summed E-state index contributed by atoms with van der Waals surface area (Å²) in [7, 11) is -4.61. The molecule has 3 aromatic rings. The van der Waals surface area contributed by atoms with E-state index in [1.807, 2.05) is 0 Å². The van der Waals surface area contributed by atoms with Gasteiger partial charge in [-0.3, -0.25) is 4.79 Å². The number of benzene rings is 2. The zero-order valence-electron chi connectivity index (χ0n) is 17.7. The Balaban J connectivity index is 1.78. The fourth-order valence-corrected chi connectivity index (χ4v) is 5.92. The molecule has 0 spiro atoms. The summed E-state index contributed by atoms with van der Waals surface area (Å²) in [5, 5.41) is 3.80. The van der Waals surface area contributed by atoms with Crippen LogP contribution in [0.15, 0.2) is 58.3 Å². The minimum Gasteiger partial charge on any atom is -0.368 e. The molecule has 4 rings (SSSR count). The second-order valence-corrected chi connectivity index (χ2v) is 10.3. The first kappa shape index (κ1) is 25.1. The number of amides is 1. The van der Waals surface area contributed by atoms with Gasteiger partial charge in [0.2, 0.25) is 28.1 Å². The highest BCUT2D eigenvalue weighted by Gasteiger charge is 2.68. The van der Waals surface area contributed by atoms with Crippen molar-refractivity contribution in [1.82, 2.24) is 14.4 Å². The predicted octanol–water partition coefficient (Wildman–Crippen LogP) is 3.92. The molecule has 2 N–H and O–H groups in total. The lowest BCUT2D eigenvalue weighted by atomic mass is 10.1. The SMILES string of the molecule is NC(=O)[C@@]1(N(Cc2ccc(-c3ncon3)cc2F)S(=O)(=O)c2ccc(Cl)cc2)CC1CC(F)(F)F. The number of sulfonamides is 1. The number of carbonyl (C=O) groups is 1. The summed E-state index contributed by atoms with van der Waals surface area (Å²) in [4.78, 5) is 15.9. The number of nitrogens with two attached hydrogens (primary N) is 1. The third kappa shape index (κ3) is 4.88. The number of halogens is 5. The number of hydrogen-bond donors (Lipinski definition) is 1. The van der Waals surface area contributed by atoms with E-state index in [1.165, 1.54) is 24.3 Å². The summed E-state index contributed by atoms with van der Waals surface area (Å²) < 4.78 is 86.7. The fraction of sp³-hybridized carbons (Fsp3) is 0.286. The van der Waals surface area contributed by atoms with Crippen LogP contribution in [0.4, 0.5) is 17.6 Å². The van der Waals surface area contributed by atoms with E-state index in [-0.39, 0.29) is 26.9 Å². The van der Waals surface area contributed by atoms with Crippen LogP contribution in [0, 0.1) is 11.7 Å². The summed E-state index contributed by atoms with van der Waals surface area (Å²) in [5.74, 6) is -3.50. The molecular formula is C21H17ClF4N4O4S. The van der Waals surface area contributed by atoms with Gasteiger partial charge in [0.05, 0.1) is 4.90 Å². The molecule has 186 valence electrons. The Hall–Kier alpha value is -3.03. The largest absolute Gasteiger partial charge is 0.389 e. The highest BCUT2D eigenvalue weighted by Crippen LogP contribution is 2.55. The van der Waals surface area contributed by atoms with Crippen molar-refractivity contribution < 1.29 is 35.3 Å². The second-order valence-electron chi connectivity index (χ2n) is 8.04. The van der Waals surface area contributed by atoms with E-state index in [0.717, 1.165) is 24.6 Å². The second kappa shape index (κ2) is 8.88. The molecule has 1 aliphatic carbocycles. The number of rotatable bonds is 8. The molecule has 0 saturated heterocycles. The maximum absolute atomic E-state index is 15.0. The molecule has 1 unspecified atom stereocenters. The number of carbonyl (C=O) groups excluding carboxylic acids is 1. The van der Waals surface area contributed by atoms with E-state index in [4.69, 9.17) is 17.3 Å². The molecule has 1 aliphatic rings. The quantitative estimate of drug-likeness (QED) is 0.439. The van der Waals surface area contributed by atoms with Gasteiger partial charge in [0.15, 0.2) is 0 Å². The van der Waals surface area contributed by atoms with Crippen LogP contribution in [0.2, 0.25) is 5.02 Å². The minimum atomic E-state index is -4.67. The van der Waals surface area contributed by atoms with Crippen LogP contribution in [0.3, 0.4) is 0 Å². The first-order chi connectivity index (χ1) is 16.3. The topological polar surface area (TPSA) is 119 Å². The Morgan fingerprint density at radius 1 is 1.23 bits per heavy atom. The van der Waals surface area contributed by atoms with Gasteiger partial charge >= 0.3 is 6.18 Å². The summed E-state index contributed by atoms with van der Waals surface area (Å²) in [5.41, 5.74) is 3.30. The van der Waals surface area contributed by atoms with E-state index in [2.05, 4.69) is 14.7 Å². The Kier molecular flexibility index (Phi) is 6.36. The smallest absolute Gasteiger partial charge is 0.368 e. The molecule has 1 saturated carbocycles. The summed E-state index contributed by atoms with van der Waals surface area (Å²) in [6, 6.07) is 8.43. The van der Waals surface area contributed by atoms with Crippen molar-refractivity contribution in [2.75, 3.05) is 0 Å². The van der Waals surface area contributed by atoms with E-state index < -0.39 is 58.8 Å². The molecule has 0 bridgehead atoms. The molecule has 35 heavy (non-hydrogen) atoms. The van der Waals surface area contributed by atoms with Crippen LogP contribution in [0.5, 0.6) is 0 Å². The molecule has 1 fully saturated rings. The Morgan fingerprint density at radius 3 is 2.46 bits per heavy atom. The molecule has 2 aromatic carbocycles. The Labute approximate surface area is 201 Å². The van der Waals surface area contributed by atoms with Crippen molar-refractivity contribution in [2.24, 2.45) is 11.7 Å². The van der Waals surface area contributed by atoms with Gasteiger partial charge in [-0.25, -0.2) is 12.8 Å². The average Bonchev–Trinajstić information content (AvgIpc) is 3.19. The molecule has 14 heteroatoms. The van der Waals surface area contributed by atoms with Crippen LogP contribution in [0.25, 0.3) is 11.4 Å². The standard InChI is InChI=1S/C21H17ClF4N4O4S/c22-15-3-5-16(6-4-15)35(32,33)30(20(19(27)31)8-14(20)9-21(24,25)26)10-13-2-1-12(7-17(13)23)18-28-11-34-29-18/h1-7,11,14H,8-10H2,(H2,27,31)/t14?,20-/m1/s1.